The number of ether oxygens (including phenoxy) is 6. The van der Waals surface area contributed by atoms with Gasteiger partial charge in [-0.15, -0.1) is 0 Å². The Hall–Kier alpha value is -2.86. The molecular formula is C38H48O10. The first-order chi connectivity index (χ1) is 22.6. The lowest BCUT2D eigenvalue weighted by Gasteiger charge is -2.38. The summed E-state index contributed by atoms with van der Waals surface area (Å²) in [5.41, 5.74) is -0.782. The fourth-order valence-corrected chi connectivity index (χ4v) is 8.21. The van der Waals surface area contributed by atoms with E-state index in [-0.39, 0.29) is 58.9 Å². The molecule has 4 heterocycles. The summed E-state index contributed by atoms with van der Waals surface area (Å²) in [7, 11) is 0. The Morgan fingerprint density at radius 1 is 0.583 bits per heavy atom. The van der Waals surface area contributed by atoms with Crippen LogP contribution in [0.5, 0.6) is 0 Å². The van der Waals surface area contributed by atoms with Gasteiger partial charge in [-0.3, -0.25) is 0 Å². The molecule has 10 atom stereocenters. The highest BCUT2D eigenvalue weighted by Crippen LogP contribution is 2.53. The molecule has 4 aliphatic heterocycles. The molecule has 8 aliphatic rings. The van der Waals surface area contributed by atoms with Gasteiger partial charge in [0.1, 0.15) is 0 Å². The highest BCUT2D eigenvalue weighted by Gasteiger charge is 2.56. The molecule has 48 heavy (non-hydrogen) atoms. The van der Waals surface area contributed by atoms with Crippen LogP contribution in [-0.4, -0.2) is 84.6 Å². The third-order valence-corrected chi connectivity index (χ3v) is 10.9. The largest absolute Gasteiger partial charge is 0.446 e. The van der Waals surface area contributed by atoms with Crippen LogP contribution in [0.15, 0.2) is 71.9 Å². The van der Waals surface area contributed by atoms with Crippen LogP contribution in [0.25, 0.3) is 0 Å². The fourth-order valence-electron chi connectivity index (χ4n) is 8.21. The zero-order chi connectivity index (χ0) is 34.2. The van der Waals surface area contributed by atoms with E-state index < -0.39 is 35.3 Å². The Morgan fingerprint density at radius 2 is 0.938 bits per heavy atom. The van der Waals surface area contributed by atoms with Crippen molar-refractivity contribution in [3.8, 4) is 0 Å². The van der Waals surface area contributed by atoms with Crippen molar-refractivity contribution in [3.63, 3.8) is 0 Å². The standard InChI is InChI=1S/2C19H24O5/c2*1-11(20)14-8-19(24-16(14)21)7-6-12-13(4-5-15(12)19)17-22-9-18(2,3)10-23-17/h2*4-8,11-13,15,17,20H,9-10H2,1-3H3. The summed E-state index contributed by atoms with van der Waals surface area (Å²) < 4.78 is 35.1. The van der Waals surface area contributed by atoms with E-state index in [2.05, 4.69) is 64.2 Å². The normalized spacial score (nSPS) is 41.6. The Labute approximate surface area is 282 Å². The number of hydrogen-bond acceptors (Lipinski definition) is 10. The average Bonchev–Trinajstić information content (AvgIpc) is 3.85. The number of rotatable bonds is 4. The van der Waals surface area contributed by atoms with Gasteiger partial charge in [-0.25, -0.2) is 9.59 Å². The smallest absolute Gasteiger partial charge is 0.337 e. The molecule has 0 radical (unpaired) electrons. The summed E-state index contributed by atoms with van der Waals surface area (Å²) in [6.45, 7) is 14.4. The molecule has 2 N–H and O–H groups in total. The molecule has 4 aliphatic carbocycles. The molecule has 0 saturated carbocycles. The monoisotopic (exact) mass is 664 g/mol. The van der Waals surface area contributed by atoms with Crippen LogP contribution in [0.2, 0.25) is 0 Å². The van der Waals surface area contributed by atoms with Crippen molar-refractivity contribution >= 4 is 11.9 Å². The molecule has 2 saturated heterocycles. The number of allylic oxidation sites excluding steroid dienone is 2. The Kier molecular flexibility index (Phi) is 8.33. The van der Waals surface area contributed by atoms with Crippen molar-refractivity contribution in [2.75, 3.05) is 26.4 Å². The van der Waals surface area contributed by atoms with E-state index in [1.807, 2.05) is 12.2 Å². The summed E-state index contributed by atoms with van der Waals surface area (Å²) in [6.07, 6.45) is 17.9. The van der Waals surface area contributed by atoms with Gasteiger partial charge in [0.25, 0.3) is 0 Å². The van der Waals surface area contributed by atoms with Crippen LogP contribution in [0, 0.1) is 46.3 Å². The summed E-state index contributed by atoms with van der Waals surface area (Å²) in [5.74, 6) is -0.219. The van der Waals surface area contributed by atoms with E-state index >= 15 is 0 Å². The van der Waals surface area contributed by atoms with E-state index in [0.717, 1.165) is 0 Å². The predicted octanol–water partition coefficient (Wildman–Crippen LogP) is 3.95. The van der Waals surface area contributed by atoms with E-state index in [4.69, 9.17) is 28.4 Å². The topological polar surface area (TPSA) is 130 Å². The van der Waals surface area contributed by atoms with E-state index in [1.54, 1.807) is 26.0 Å². The van der Waals surface area contributed by atoms with Gasteiger partial charge in [0.15, 0.2) is 23.8 Å². The first-order valence-electron chi connectivity index (χ1n) is 17.1. The molecule has 0 bridgehead atoms. The highest BCUT2D eigenvalue weighted by atomic mass is 16.7. The van der Waals surface area contributed by atoms with Crippen molar-refractivity contribution in [1.29, 1.82) is 0 Å². The minimum Gasteiger partial charge on any atom is -0.446 e. The van der Waals surface area contributed by atoms with Gasteiger partial charge in [0, 0.05) is 34.5 Å². The first kappa shape index (κ1) is 33.6. The number of aliphatic hydroxyl groups is 2. The zero-order valence-electron chi connectivity index (χ0n) is 28.5. The van der Waals surface area contributed by atoms with Gasteiger partial charge in [-0.2, -0.15) is 0 Å². The van der Waals surface area contributed by atoms with Crippen LogP contribution in [0.1, 0.15) is 41.5 Å². The molecule has 2 fully saturated rings. The van der Waals surface area contributed by atoms with E-state index in [9.17, 15) is 19.8 Å². The van der Waals surface area contributed by atoms with Crippen molar-refractivity contribution < 1.29 is 48.2 Å². The van der Waals surface area contributed by atoms with Crippen LogP contribution in [-0.2, 0) is 38.0 Å². The minimum atomic E-state index is -0.822. The van der Waals surface area contributed by atoms with Gasteiger partial charge < -0.3 is 38.6 Å². The third-order valence-electron chi connectivity index (χ3n) is 10.9. The van der Waals surface area contributed by atoms with Gasteiger partial charge in [-0.05, 0) is 50.0 Å². The number of esters is 2. The van der Waals surface area contributed by atoms with E-state index in [1.165, 1.54) is 0 Å². The summed E-state index contributed by atoms with van der Waals surface area (Å²) in [5, 5.41) is 19.5. The van der Waals surface area contributed by atoms with Crippen molar-refractivity contribution in [1.82, 2.24) is 0 Å². The number of carbonyl (C=O) groups excluding carboxylic acids is 2. The van der Waals surface area contributed by atoms with Gasteiger partial charge in [0.2, 0.25) is 0 Å². The lowest BCUT2D eigenvalue weighted by Crippen LogP contribution is -2.43. The Morgan fingerprint density at radius 3 is 1.25 bits per heavy atom. The van der Waals surface area contributed by atoms with Crippen LogP contribution in [0.4, 0.5) is 0 Å². The molecular weight excluding hydrogens is 616 g/mol. The molecule has 8 rings (SSSR count). The number of hydrogen-bond donors (Lipinski definition) is 2. The van der Waals surface area contributed by atoms with Crippen LogP contribution in [0.3, 0.4) is 0 Å². The van der Waals surface area contributed by atoms with Gasteiger partial charge in [0.05, 0.1) is 49.8 Å². The third kappa shape index (κ3) is 5.78. The zero-order valence-corrected chi connectivity index (χ0v) is 28.5. The summed E-state index contributed by atoms with van der Waals surface area (Å²) >= 11 is 0. The number of aliphatic hydroxyl groups excluding tert-OH is 2. The quantitative estimate of drug-likeness (QED) is 0.337. The van der Waals surface area contributed by atoms with Gasteiger partial charge in [-0.1, -0.05) is 64.2 Å². The second-order valence-electron chi connectivity index (χ2n) is 16.2. The Balaban J connectivity index is 0.000000152. The summed E-state index contributed by atoms with van der Waals surface area (Å²) in [6, 6.07) is 0. The maximum Gasteiger partial charge on any atom is 0.337 e. The molecule has 260 valence electrons. The first-order valence-corrected chi connectivity index (χ1v) is 17.1. The molecule has 0 amide bonds. The second kappa shape index (κ2) is 11.9. The SMILES string of the molecule is CC(O)C1=CC2(C=CC3C(C4OCC(C)(C)CO4)C=CC32)OC1=O.CC(O)C1=CC2(C=CC3C(C4OCC(C)(C)CO4)C=CC32)OC1=O. The molecule has 0 aromatic carbocycles. The van der Waals surface area contributed by atoms with Crippen molar-refractivity contribution in [3.05, 3.63) is 71.9 Å². The molecule has 0 aromatic heterocycles. The average molecular weight is 665 g/mol. The molecule has 10 nitrogen and oxygen atoms in total. The highest BCUT2D eigenvalue weighted by molar-refractivity contribution is 5.93. The van der Waals surface area contributed by atoms with Gasteiger partial charge >= 0.3 is 11.9 Å². The predicted molar refractivity (Wildman–Crippen MR) is 174 cm³/mol. The van der Waals surface area contributed by atoms with E-state index in [0.29, 0.717) is 37.6 Å². The van der Waals surface area contributed by atoms with Crippen LogP contribution >= 0.6 is 0 Å². The minimum absolute atomic E-state index is 0.0323. The maximum atomic E-state index is 12.1. The van der Waals surface area contributed by atoms with Crippen molar-refractivity contribution in [2.24, 2.45) is 46.3 Å². The maximum absolute atomic E-state index is 12.1. The fraction of sp³-hybridized carbons (Fsp3) is 0.632. The number of fused-ring (bicyclic) bond motifs is 4. The lowest BCUT2D eigenvalue weighted by atomic mass is 9.83. The molecule has 10 heteroatoms. The molecule has 2 spiro atoms. The molecule has 0 aromatic rings. The molecule has 10 unspecified atom stereocenters. The van der Waals surface area contributed by atoms with Crippen LogP contribution < -0.4 is 0 Å². The van der Waals surface area contributed by atoms with Crippen molar-refractivity contribution in [2.45, 2.75) is 77.5 Å². The Bertz CT molecular complexity index is 1380. The summed E-state index contributed by atoms with van der Waals surface area (Å²) in [4.78, 5) is 24.1. The lowest BCUT2D eigenvalue weighted by molar-refractivity contribution is -0.241. The number of carbonyl (C=O) groups is 2. The second-order valence-corrected chi connectivity index (χ2v) is 16.2.